The highest BCUT2D eigenvalue weighted by atomic mass is 16.5. The van der Waals surface area contributed by atoms with E-state index >= 15 is 0 Å². The Labute approximate surface area is 112 Å². The lowest BCUT2D eigenvalue weighted by Crippen LogP contribution is -2.38. The number of hydrogen-bond acceptors (Lipinski definition) is 4. The van der Waals surface area contributed by atoms with Gasteiger partial charge in [-0.2, -0.15) is 0 Å². The second-order valence-electron chi connectivity index (χ2n) is 4.49. The van der Waals surface area contributed by atoms with Gasteiger partial charge in [-0.3, -0.25) is 9.78 Å². The van der Waals surface area contributed by atoms with Gasteiger partial charge in [-0.05, 0) is 26.0 Å². The fraction of sp³-hybridized carbons (Fsp3) is 0.357. The van der Waals surface area contributed by atoms with Crippen LogP contribution >= 0.6 is 0 Å². The average molecular weight is 259 g/mol. The SMILES string of the molecule is CCOC(=O)C(C)(Cc1ccccn1)c1ncc[nH]1. The highest BCUT2D eigenvalue weighted by Gasteiger charge is 2.39. The standard InChI is InChI=1S/C14H17N3O2/c1-3-19-13(18)14(2,12-16-8-9-17-12)10-11-6-4-5-7-15-11/h4-9H,3,10H2,1-2H3,(H,16,17). The number of hydrogen-bond donors (Lipinski definition) is 1. The largest absolute Gasteiger partial charge is 0.465 e. The smallest absolute Gasteiger partial charge is 0.319 e. The molecule has 2 heterocycles. The van der Waals surface area contributed by atoms with Crippen molar-refractivity contribution in [2.45, 2.75) is 25.7 Å². The molecule has 19 heavy (non-hydrogen) atoms. The minimum atomic E-state index is -0.853. The van der Waals surface area contributed by atoms with E-state index in [1.54, 1.807) is 25.5 Å². The summed E-state index contributed by atoms with van der Waals surface area (Å²) in [6.07, 6.45) is 5.49. The number of ether oxygens (including phenoxy) is 1. The normalized spacial score (nSPS) is 13.8. The average Bonchev–Trinajstić information content (AvgIpc) is 2.94. The van der Waals surface area contributed by atoms with Crippen molar-refractivity contribution in [1.82, 2.24) is 15.0 Å². The van der Waals surface area contributed by atoms with Crippen LogP contribution in [0.3, 0.4) is 0 Å². The van der Waals surface area contributed by atoms with Crippen LogP contribution < -0.4 is 0 Å². The van der Waals surface area contributed by atoms with Crippen molar-refractivity contribution in [2.24, 2.45) is 0 Å². The Morgan fingerprint density at radius 3 is 2.79 bits per heavy atom. The lowest BCUT2D eigenvalue weighted by Gasteiger charge is -2.24. The van der Waals surface area contributed by atoms with Crippen molar-refractivity contribution in [1.29, 1.82) is 0 Å². The quantitative estimate of drug-likeness (QED) is 0.832. The molecule has 2 aromatic heterocycles. The number of esters is 1. The number of imidazole rings is 1. The highest BCUT2D eigenvalue weighted by molar-refractivity contribution is 5.82. The fourth-order valence-electron chi connectivity index (χ4n) is 1.97. The molecule has 0 spiro atoms. The maximum atomic E-state index is 12.3. The number of carbonyl (C=O) groups excluding carboxylic acids is 1. The maximum Gasteiger partial charge on any atom is 0.319 e. The summed E-state index contributed by atoms with van der Waals surface area (Å²) in [5.41, 5.74) is -0.0251. The first-order valence-electron chi connectivity index (χ1n) is 6.24. The van der Waals surface area contributed by atoms with E-state index in [1.165, 1.54) is 0 Å². The van der Waals surface area contributed by atoms with Crippen LogP contribution in [0.25, 0.3) is 0 Å². The number of H-pyrrole nitrogens is 1. The summed E-state index contributed by atoms with van der Waals surface area (Å²) in [5, 5.41) is 0. The van der Waals surface area contributed by atoms with Gasteiger partial charge in [0.25, 0.3) is 0 Å². The first kappa shape index (κ1) is 13.3. The van der Waals surface area contributed by atoms with Crippen LogP contribution in [0.5, 0.6) is 0 Å². The summed E-state index contributed by atoms with van der Waals surface area (Å²) in [4.78, 5) is 23.7. The molecule has 2 rings (SSSR count). The molecule has 1 N–H and O–H groups in total. The summed E-state index contributed by atoms with van der Waals surface area (Å²) in [6, 6.07) is 5.63. The van der Waals surface area contributed by atoms with Crippen LogP contribution in [-0.2, 0) is 21.4 Å². The summed E-state index contributed by atoms with van der Waals surface area (Å²) in [7, 11) is 0. The van der Waals surface area contributed by atoms with Gasteiger partial charge in [-0.1, -0.05) is 6.07 Å². The molecule has 0 aliphatic heterocycles. The second kappa shape index (κ2) is 5.65. The van der Waals surface area contributed by atoms with Gasteiger partial charge < -0.3 is 9.72 Å². The Bertz CT molecular complexity index is 525. The summed E-state index contributed by atoms with van der Waals surface area (Å²) in [5.74, 6) is 0.298. The van der Waals surface area contributed by atoms with Gasteiger partial charge in [-0.25, -0.2) is 4.98 Å². The van der Waals surface area contributed by atoms with E-state index in [4.69, 9.17) is 4.74 Å². The number of nitrogens with zero attached hydrogens (tertiary/aromatic N) is 2. The van der Waals surface area contributed by atoms with Crippen LogP contribution in [-0.4, -0.2) is 27.5 Å². The van der Waals surface area contributed by atoms with Gasteiger partial charge in [0.1, 0.15) is 11.2 Å². The molecule has 5 nitrogen and oxygen atoms in total. The molecule has 1 unspecified atom stereocenters. The third-order valence-electron chi connectivity index (χ3n) is 3.01. The molecule has 0 aliphatic rings. The van der Waals surface area contributed by atoms with Crippen LogP contribution in [0.4, 0.5) is 0 Å². The molecule has 5 heteroatoms. The van der Waals surface area contributed by atoms with E-state index in [-0.39, 0.29) is 5.97 Å². The van der Waals surface area contributed by atoms with Crippen LogP contribution in [0, 0.1) is 0 Å². The van der Waals surface area contributed by atoms with E-state index in [0.717, 1.165) is 5.69 Å². The number of carbonyl (C=O) groups is 1. The second-order valence-corrected chi connectivity index (χ2v) is 4.49. The molecule has 0 aromatic carbocycles. The van der Waals surface area contributed by atoms with Crippen molar-refractivity contribution in [3.8, 4) is 0 Å². The zero-order chi connectivity index (χ0) is 13.7. The number of aromatic amines is 1. The highest BCUT2D eigenvalue weighted by Crippen LogP contribution is 2.26. The minimum absolute atomic E-state index is 0.296. The van der Waals surface area contributed by atoms with Crippen LogP contribution in [0.15, 0.2) is 36.8 Å². The van der Waals surface area contributed by atoms with Gasteiger partial charge in [0.15, 0.2) is 0 Å². The molecule has 0 fully saturated rings. The van der Waals surface area contributed by atoms with Crippen molar-refractivity contribution in [3.63, 3.8) is 0 Å². The Morgan fingerprint density at radius 2 is 2.21 bits per heavy atom. The van der Waals surface area contributed by atoms with Gasteiger partial charge in [0.05, 0.1) is 6.61 Å². The number of nitrogens with one attached hydrogen (secondary N) is 1. The molecule has 0 aliphatic carbocycles. The molecule has 1 atom stereocenters. The first-order chi connectivity index (χ1) is 9.16. The summed E-state index contributed by atoms with van der Waals surface area (Å²) >= 11 is 0. The van der Waals surface area contributed by atoms with Gasteiger partial charge in [0.2, 0.25) is 0 Å². The van der Waals surface area contributed by atoms with Crippen LogP contribution in [0.1, 0.15) is 25.4 Å². The predicted molar refractivity (Wildman–Crippen MR) is 70.5 cm³/mol. The number of pyridine rings is 1. The Morgan fingerprint density at radius 1 is 1.37 bits per heavy atom. The predicted octanol–water partition coefficient (Wildman–Crippen LogP) is 1.87. The molecule has 0 amide bonds. The fourth-order valence-corrected chi connectivity index (χ4v) is 1.97. The topological polar surface area (TPSA) is 67.9 Å². The number of rotatable bonds is 5. The van der Waals surface area contributed by atoms with Crippen molar-refractivity contribution >= 4 is 5.97 Å². The van der Waals surface area contributed by atoms with Crippen molar-refractivity contribution < 1.29 is 9.53 Å². The third kappa shape index (κ3) is 2.81. The monoisotopic (exact) mass is 259 g/mol. The first-order valence-corrected chi connectivity index (χ1v) is 6.24. The number of aromatic nitrogens is 3. The van der Waals surface area contributed by atoms with E-state index < -0.39 is 5.41 Å². The molecule has 0 radical (unpaired) electrons. The summed E-state index contributed by atoms with van der Waals surface area (Å²) in [6.45, 7) is 3.96. The minimum Gasteiger partial charge on any atom is -0.465 e. The lowest BCUT2D eigenvalue weighted by molar-refractivity contribution is -0.149. The summed E-state index contributed by atoms with van der Waals surface area (Å²) < 4.78 is 5.18. The van der Waals surface area contributed by atoms with Crippen molar-refractivity contribution in [2.75, 3.05) is 6.61 Å². The van der Waals surface area contributed by atoms with Crippen LogP contribution in [0.2, 0.25) is 0 Å². The van der Waals surface area contributed by atoms with E-state index in [9.17, 15) is 4.79 Å². The van der Waals surface area contributed by atoms with E-state index in [1.807, 2.05) is 25.1 Å². The Kier molecular flexibility index (Phi) is 3.94. The van der Waals surface area contributed by atoms with Gasteiger partial charge >= 0.3 is 5.97 Å². The third-order valence-corrected chi connectivity index (χ3v) is 3.01. The molecule has 0 saturated heterocycles. The maximum absolute atomic E-state index is 12.3. The van der Waals surface area contributed by atoms with Gasteiger partial charge in [0, 0.05) is 30.7 Å². The lowest BCUT2D eigenvalue weighted by atomic mass is 9.84. The molecule has 100 valence electrons. The van der Waals surface area contributed by atoms with Crippen molar-refractivity contribution in [3.05, 3.63) is 48.3 Å². The molecule has 2 aromatic rings. The Hall–Kier alpha value is -2.17. The van der Waals surface area contributed by atoms with Gasteiger partial charge in [-0.15, -0.1) is 0 Å². The Balaban J connectivity index is 2.32. The molecule has 0 saturated carbocycles. The van der Waals surface area contributed by atoms with E-state index in [0.29, 0.717) is 18.9 Å². The molecular weight excluding hydrogens is 242 g/mol. The van der Waals surface area contributed by atoms with E-state index in [2.05, 4.69) is 15.0 Å². The zero-order valence-electron chi connectivity index (χ0n) is 11.1. The molecular formula is C14H17N3O2. The zero-order valence-corrected chi connectivity index (χ0v) is 11.1. The molecule has 0 bridgehead atoms.